The van der Waals surface area contributed by atoms with Crippen LogP contribution in [0.5, 0.6) is 5.75 Å². The van der Waals surface area contributed by atoms with Crippen LogP contribution in [0.1, 0.15) is 16.1 Å². The number of carbonyl (C=O) groups excluding carboxylic acids is 1. The van der Waals surface area contributed by atoms with E-state index in [1.165, 1.54) is 31.4 Å². The quantitative estimate of drug-likeness (QED) is 0.617. The zero-order chi connectivity index (χ0) is 20.1. The highest BCUT2D eigenvalue weighted by Gasteiger charge is 2.23. The highest BCUT2D eigenvalue weighted by Crippen LogP contribution is 2.24. The third kappa shape index (κ3) is 4.66. The summed E-state index contributed by atoms with van der Waals surface area (Å²) >= 11 is 0. The second-order valence-electron chi connectivity index (χ2n) is 6.02. The summed E-state index contributed by atoms with van der Waals surface area (Å²) in [5, 5.41) is 12.3. The average molecular weight is 387 g/mol. The van der Waals surface area contributed by atoms with E-state index in [-0.39, 0.29) is 19.0 Å². The second kappa shape index (κ2) is 8.53. The van der Waals surface area contributed by atoms with Gasteiger partial charge in [-0.1, -0.05) is 12.1 Å². The number of nitrogens with one attached hydrogen (secondary N) is 1. The number of benzene rings is 2. The molecule has 1 atom stereocenters. The Morgan fingerprint density at radius 2 is 2.04 bits per heavy atom. The molecule has 0 fully saturated rings. The lowest BCUT2D eigenvalue weighted by Gasteiger charge is -2.14. The minimum atomic E-state index is -1.29. The van der Waals surface area contributed by atoms with Crippen molar-refractivity contribution in [2.75, 3.05) is 13.7 Å². The monoisotopic (exact) mass is 387 g/mol. The van der Waals surface area contributed by atoms with Gasteiger partial charge in [0, 0.05) is 5.39 Å². The van der Waals surface area contributed by atoms with Crippen LogP contribution in [0.25, 0.3) is 11.0 Å². The Labute approximate surface area is 159 Å². The summed E-state index contributed by atoms with van der Waals surface area (Å²) in [5.41, 5.74) is 1.03. The summed E-state index contributed by atoms with van der Waals surface area (Å²) in [6.07, 6.45) is 0. The molecule has 1 amide bonds. The highest BCUT2D eigenvalue weighted by atomic mass is 19.1. The van der Waals surface area contributed by atoms with Crippen LogP contribution < -0.4 is 10.1 Å². The molecule has 146 valence electrons. The Kier molecular flexibility index (Phi) is 5.90. The zero-order valence-corrected chi connectivity index (χ0v) is 15.0. The lowest BCUT2D eigenvalue weighted by molar-refractivity contribution is -0.141. The number of furan rings is 1. The number of hydrogen-bond acceptors (Lipinski definition) is 5. The number of ether oxygens (including phenoxy) is 2. The third-order valence-corrected chi connectivity index (χ3v) is 3.99. The van der Waals surface area contributed by atoms with Gasteiger partial charge in [-0.2, -0.15) is 0 Å². The number of carboxylic acids is 1. The second-order valence-corrected chi connectivity index (χ2v) is 6.02. The molecule has 0 aliphatic heterocycles. The summed E-state index contributed by atoms with van der Waals surface area (Å²) in [6, 6.07) is 11.0. The number of methoxy groups -OCH3 is 1. The van der Waals surface area contributed by atoms with Crippen LogP contribution in [0.3, 0.4) is 0 Å². The van der Waals surface area contributed by atoms with Crippen LogP contribution in [0.15, 0.2) is 52.9 Å². The van der Waals surface area contributed by atoms with Gasteiger partial charge in [-0.05, 0) is 42.0 Å². The zero-order valence-electron chi connectivity index (χ0n) is 15.0. The van der Waals surface area contributed by atoms with Crippen LogP contribution in [0, 0.1) is 5.82 Å². The van der Waals surface area contributed by atoms with Crippen molar-refractivity contribution in [3.05, 3.63) is 65.7 Å². The van der Waals surface area contributed by atoms with E-state index in [1.54, 1.807) is 24.3 Å². The summed E-state index contributed by atoms with van der Waals surface area (Å²) < 4.78 is 29.0. The van der Waals surface area contributed by atoms with Crippen molar-refractivity contribution in [2.45, 2.75) is 12.6 Å². The molecule has 2 aromatic carbocycles. The van der Waals surface area contributed by atoms with Gasteiger partial charge in [-0.25, -0.2) is 9.18 Å². The van der Waals surface area contributed by atoms with Gasteiger partial charge in [-0.15, -0.1) is 0 Å². The van der Waals surface area contributed by atoms with E-state index in [4.69, 9.17) is 13.9 Å². The maximum Gasteiger partial charge on any atom is 0.328 e. The number of carboxylic acid groups (broad SMARTS) is 1. The van der Waals surface area contributed by atoms with Gasteiger partial charge < -0.3 is 24.3 Å². The fourth-order valence-corrected chi connectivity index (χ4v) is 2.59. The molecular formula is C20H18FNO6. The van der Waals surface area contributed by atoms with E-state index in [0.29, 0.717) is 22.3 Å². The van der Waals surface area contributed by atoms with Gasteiger partial charge in [0.05, 0.1) is 20.3 Å². The van der Waals surface area contributed by atoms with Crippen LogP contribution in [-0.2, 0) is 16.1 Å². The predicted molar refractivity (Wildman–Crippen MR) is 97.7 cm³/mol. The number of aliphatic carboxylic acids is 1. The normalized spacial score (nSPS) is 11.9. The maximum atomic E-state index is 13.2. The molecule has 0 spiro atoms. The molecule has 28 heavy (non-hydrogen) atoms. The molecule has 0 saturated carbocycles. The fraction of sp³-hybridized carbons (Fsp3) is 0.200. The van der Waals surface area contributed by atoms with Gasteiger partial charge >= 0.3 is 5.97 Å². The molecule has 0 radical (unpaired) electrons. The Morgan fingerprint density at radius 3 is 2.75 bits per heavy atom. The Hall–Kier alpha value is -3.39. The van der Waals surface area contributed by atoms with E-state index < -0.39 is 23.7 Å². The van der Waals surface area contributed by atoms with Crippen molar-refractivity contribution >= 4 is 22.8 Å². The third-order valence-electron chi connectivity index (χ3n) is 3.99. The first-order valence-electron chi connectivity index (χ1n) is 8.39. The molecule has 8 heteroatoms. The molecule has 0 unspecified atom stereocenters. The molecule has 3 aromatic rings. The van der Waals surface area contributed by atoms with E-state index in [9.17, 15) is 19.1 Å². The number of carbonyl (C=O) groups is 2. The standard InChI is InChI=1S/C20H18FNO6/c1-26-15-5-6-17-13(8-15)9-18(28-17)19(23)22-16(20(24)25)11-27-10-12-3-2-4-14(21)7-12/h2-9,16H,10-11H2,1H3,(H,22,23)(H,24,25)/t16-/m0/s1. The molecule has 0 aliphatic rings. The van der Waals surface area contributed by atoms with Gasteiger partial charge in [0.25, 0.3) is 5.91 Å². The fourth-order valence-electron chi connectivity index (χ4n) is 2.59. The number of hydrogen-bond donors (Lipinski definition) is 2. The van der Waals surface area contributed by atoms with E-state index >= 15 is 0 Å². The Morgan fingerprint density at radius 1 is 1.21 bits per heavy atom. The summed E-state index contributed by atoms with van der Waals surface area (Å²) in [5.74, 6) is -1.78. The number of fused-ring (bicyclic) bond motifs is 1. The molecule has 0 aliphatic carbocycles. The van der Waals surface area contributed by atoms with Gasteiger partial charge in [0.2, 0.25) is 0 Å². The Bertz CT molecular complexity index is 999. The van der Waals surface area contributed by atoms with E-state index in [0.717, 1.165) is 0 Å². The smallest absolute Gasteiger partial charge is 0.328 e. The van der Waals surface area contributed by atoms with E-state index in [1.807, 2.05) is 0 Å². The molecule has 0 bridgehead atoms. The minimum Gasteiger partial charge on any atom is -0.497 e. The molecular weight excluding hydrogens is 369 g/mol. The van der Waals surface area contributed by atoms with Gasteiger partial charge in [0.15, 0.2) is 11.8 Å². The van der Waals surface area contributed by atoms with Crippen molar-refractivity contribution in [3.63, 3.8) is 0 Å². The lowest BCUT2D eigenvalue weighted by Crippen LogP contribution is -2.43. The molecule has 0 saturated heterocycles. The number of halogens is 1. The molecule has 1 aromatic heterocycles. The minimum absolute atomic E-state index is 0.0157. The Balaban J connectivity index is 1.63. The van der Waals surface area contributed by atoms with Crippen molar-refractivity contribution in [1.82, 2.24) is 5.32 Å². The van der Waals surface area contributed by atoms with Crippen LogP contribution in [0.2, 0.25) is 0 Å². The largest absolute Gasteiger partial charge is 0.497 e. The first-order chi connectivity index (χ1) is 13.5. The van der Waals surface area contributed by atoms with Crippen molar-refractivity contribution in [2.24, 2.45) is 0 Å². The van der Waals surface area contributed by atoms with Crippen LogP contribution in [-0.4, -0.2) is 36.7 Å². The molecule has 3 rings (SSSR count). The molecule has 2 N–H and O–H groups in total. The van der Waals surface area contributed by atoms with Crippen LogP contribution >= 0.6 is 0 Å². The summed E-state index contributed by atoms with van der Waals surface area (Å²) in [4.78, 5) is 23.8. The molecule has 1 heterocycles. The lowest BCUT2D eigenvalue weighted by atomic mass is 10.2. The van der Waals surface area contributed by atoms with Crippen molar-refractivity contribution < 1.29 is 33.0 Å². The maximum absolute atomic E-state index is 13.2. The molecule has 7 nitrogen and oxygen atoms in total. The van der Waals surface area contributed by atoms with Crippen molar-refractivity contribution in [3.8, 4) is 5.75 Å². The first-order valence-corrected chi connectivity index (χ1v) is 8.39. The van der Waals surface area contributed by atoms with Gasteiger partial charge in [-0.3, -0.25) is 4.79 Å². The van der Waals surface area contributed by atoms with Crippen molar-refractivity contribution in [1.29, 1.82) is 0 Å². The predicted octanol–water partition coefficient (Wildman–Crippen LogP) is 2.98. The summed E-state index contributed by atoms with van der Waals surface area (Å²) in [6.45, 7) is -0.270. The summed E-state index contributed by atoms with van der Waals surface area (Å²) in [7, 11) is 1.52. The SMILES string of the molecule is COc1ccc2oc(C(=O)N[C@@H](COCc3cccc(F)c3)C(=O)O)cc2c1. The first kappa shape index (κ1) is 19.4. The topological polar surface area (TPSA) is 98.0 Å². The van der Waals surface area contributed by atoms with Crippen LogP contribution in [0.4, 0.5) is 4.39 Å². The van der Waals surface area contributed by atoms with E-state index in [2.05, 4.69) is 5.32 Å². The van der Waals surface area contributed by atoms with Gasteiger partial charge in [0.1, 0.15) is 17.1 Å². The average Bonchev–Trinajstić information content (AvgIpc) is 3.10. The highest BCUT2D eigenvalue weighted by molar-refractivity contribution is 5.98. The number of rotatable bonds is 8. The number of amides is 1.